The molecule has 1 amide bonds. The van der Waals surface area contributed by atoms with Gasteiger partial charge in [0.1, 0.15) is 11.6 Å². The third-order valence-corrected chi connectivity index (χ3v) is 3.27. The average molecular weight is 250 g/mol. The summed E-state index contributed by atoms with van der Waals surface area (Å²) in [6, 6.07) is 2.02. The number of carbonyl (C=O) groups is 1. The number of carbonyl (C=O) groups excluding carboxylic acids is 1. The summed E-state index contributed by atoms with van der Waals surface area (Å²) in [6.07, 6.45) is 1.68. The lowest BCUT2D eigenvalue weighted by molar-refractivity contribution is -0.128. The largest absolute Gasteiger partial charge is 0.377 e. The van der Waals surface area contributed by atoms with Crippen LogP contribution < -0.4 is 0 Å². The van der Waals surface area contributed by atoms with Crippen LogP contribution in [0.3, 0.4) is 0 Å². The Morgan fingerprint density at radius 2 is 1.83 bits per heavy atom. The molecule has 0 unspecified atom stereocenters. The Kier molecular flexibility index (Phi) is 5.66. The number of amides is 1. The van der Waals surface area contributed by atoms with Crippen molar-refractivity contribution in [2.24, 2.45) is 0 Å². The molecule has 0 aromatic rings. The van der Waals surface area contributed by atoms with Crippen LogP contribution in [0.25, 0.3) is 0 Å². The molecule has 0 aromatic heterocycles. The number of hydrogen-bond donors (Lipinski definition) is 0. The number of piperazine rings is 1. The van der Waals surface area contributed by atoms with Crippen molar-refractivity contribution in [1.29, 1.82) is 5.26 Å². The Hall–Kier alpha value is -1.54. The highest BCUT2D eigenvalue weighted by atomic mass is 16.2. The summed E-state index contributed by atoms with van der Waals surface area (Å²) in [5.74, 6) is -0.141. The van der Waals surface area contributed by atoms with E-state index in [1.54, 1.807) is 11.1 Å². The zero-order valence-electron chi connectivity index (χ0n) is 11.5. The molecule has 1 saturated heterocycles. The van der Waals surface area contributed by atoms with E-state index in [9.17, 15) is 4.79 Å². The lowest BCUT2D eigenvalue weighted by Crippen LogP contribution is -2.47. The van der Waals surface area contributed by atoms with Gasteiger partial charge in [-0.25, -0.2) is 0 Å². The van der Waals surface area contributed by atoms with Gasteiger partial charge in [0.25, 0.3) is 5.91 Å². The maximum atomic E-state index is 12.2. The van der Waals surface area contributed by atoms with Crippen LogP contribution in [0, 0.1) is 11.3 Å². The molecule has 0 N–H and O–H groups in total. The standard InChI is InChI=1S/C13H22N4O/c1-4-16(5-2)11-12(10-14)13(18)17-8-6-15(3)7-9-17/h11H,4-9H2,1-3H3/b12-11-. The first-order chi connectivity index (χ1) is 8.62. The number of likely N-dealkylation sites (N-methyl/N-ethyl adjacent to an activating group) is 1. The number of nitriles is 1. The normalized spacial score (nSPS) is 17.4. The number of rotatable bonds is 4. The molecule has 5 nitrogen and oxygen atoms in total. The van der Waals surface area contributed by atoms with Crippen molar-refractivity contribution in [3.8, 4) is 6.07 Å². The van der Waals surface area contributed by atoms with Crippen molar-refractivity contribution in [2.45, 2.75) is 13.8 Å². The predicted octanol–water partition coefficient (Wildman–Crippen LogP) is 0.510. The smallest absolute Gasteiger partial charge is 0.266 e. The van der Waals surface area contributed by atoms with E-state index in [1.165, 1.54) is 0 Å². The van der Waals surface area contributed by atoms with Crippen molar-refractivity contribution in [2.75, 3.05) is 46.3 Å². The predicted molar refractivity (Wildman–Crippen MR) is 70.7 cm³/mol. The summed E-state index contributed by atoms with van der Waals surface area (Å²) in [7, 11) is 2.04. The van der Waals surface area contributed by atoms with Crippen molar-refractivity contribution in [3.05, 3.63) is 11.8 Å². The van der Waals surface area contributed by atoms with Crippen LogP contribution in [0.5, 0.6) is 0 Å². The summed E-state index contributed by atoms with van der Waals surface area (Å²) >= 11 is 0. The fourth-order valence-corrected chi connectivity index (χ4v) is 1.90. The van der Waals surface area contributed by atoms with Crippen LogP contribution in [0.2, 0.25) is 0 Å². The molecule has 0 bridgehead atoms. The lowest BCUT2D eigenvalue weighted by atomic mass is 10.2. The lowest BCUT2D eigenvalue weighted by Gasteiger charge is -2.32. The van der Waals surface area contributed by atoms with E-state index in [1.807, 2.05) is 31.9 Å². The number of nitrogens with zero attached hydrogens (tertiary/aromatic N) is 4. The minimum Gasteiger partial charge on any atom is -0.377 e. The van der Waals surface area contributed by atoms with E-state index in [-0.39, 0.29) is 11.5 Å². The van der Waals surface area contributed by atoms with Gasteiger partial charge in [0, 0.05) is 45.5 Å². The average Bonchev–Trinajstić information content (AvgIpc) is 2.40. The molecular formula is C13H22N4O. The van der Waals surface area contributed by atoms with Gasteiger partial charge in [0.2, 0.25) is 0 Å². The molecule has 0 aromatic carbocycles. The highest BCUT2D eigenvalue weighted by Gasteiger charge is 2.22. The topological polar surface area (TPSA) is 50.6 Å². The first kappa shape index (κ1) is 14.5. The molecule has 1 fully saturated rings. The van der Waals surface area contributed by atoms with Gasteiger partial charge in [-0.1, -0.05) is 0 Å². The maximum absolute atomic E-state index is 12.2. The second-order valence-electron chi connectivity index (χ2n) is 4.47. The minimum absolute atomic E-state index is 0.141. The van der Waals surface area contributed by atoms with Gasteiger partial charge in [-0.2, -0.15) is 5.26 Å². The number of hydrogen-bond acceptors (Lipinski definition) is 4. The van der Waals surface area contributed by atoms with Crippen LogP contribution in [0.1, 0.15) is 13.8 Å². The molecular weight excluding hydrogens is 228 g/mol. The molecule has 0 aliphatic carbocycles. The van der Waals surface area contributed by atoms with Crippen LogP contribution in [0.4, 0.5) is 0 Å². The second kappa shape index (κ2) is 7.02. The fourth-order valence-electron chi connectivity index (χ4n) is 1.90. The van der Waals surface area contributed by atoms with Crippen LogP contribution >= 0.6 is 0 Å². The van der Waals surface area contributed by atoms with Gasteiger partial charge in [0.05, 0.1) is 0 Å². The minimum atomic E-state index is -0.141. The van der Waals surface area contributed by atoms with Crippen LogP contribution in [0.15, 0.2) is 11.8 Å². The SMILES string of the molecule is CCN(/C=C(/C#N)C(=O)N1CCN(C)CC1)CC. The first-order valence-corrected chi connectivity index (χ1v) is 6.46. The summed E-state index contributed by atoms with van der Waals surface area (Å²) in [5.41, 5.74) is 0.239. The van der Waals surface area contributed by atoms with Crippen molar-refractivity contribution in [3.63, 3.8) is 0 Å². The van der Waals surface area contributed by atoms with E-state index >= 15 is 0 Å². The Labute approximate surface area is 109 Å². The van der Waals surface area contributed by atoms with Crippen molar-refractivity contribution in [1.82, 2.24) is 14.7 Å². The monoisotopic (exact) mass is 250 g/mol. The zero-order valence-corrected chi connectivity index (χ0v) is 11.5. The molecule has 0 saturated carbocycles. The third-order valence-electron chi connectivity index (χ3n) is 3.27. The van der Waals surface area contributed by atoms with E-state index in [0.29, 0.717) is 13.1 Å². The molecule has 1 aliphatic heterocycles. The Morgan fingerprint density at radius 3 is 2.28 bits per heavy atom. The maximum Gasteiger partial charge on any atom is 0.266 e. The quantitative estimate of drug-likeness (QED) is 0.539. The van der Waals surface area contributed by atoms with Gasteiger partial charge >= 0.3 is 0 Å². The van der Waals surface area contributed by atoms with Gasteiger partial charge in [-0.05, 0) is 20.9 Å². The molecule has 5 heteroatoms. The van der Waals surface area contributed by atoms with Gasteiger partial charge in [0.15, 0.2) is 0 Å². The van der Waals surface area contributed by atoms with E-state index in [0.717, 1.165) is 26.2 Å². The van der Waals surface area contributed by atoms with Crippen molar-refractivity contribution < 1.29 is 4.79 Å². The second-order valence-corrected chi connectivity index (χ2v) is 4.47. The Morgan fingerprint density at radius 1 is 1.28 bits per heavy atom. The van der Waals surface area contributed by atoms with Crippen LogP contribution in [-0.4, -0.2) is 66.9 Å². The van der Waals surface area contributed by atoms with E-state index in [2.05, 4.69) is 4.90 Å². The summed E-state index contributed by atoms with van der Waals surface area (Å²) < 4.78 is 0. The molecule has 18 heavy (non-hydrogen) atoms. The Bertz CT molecular complexity index is 346. The fraction of sp³-hybridized carbons (Fsp3) is 0.692. The highest BCUT2D eigenvalue weighted by Crippen LogP contribution is 2.07. The first-order valence-electron chi connectivity index (χ1n) is 6.46. The zero-order chi connectivity index (χ0) is 13.5. The van der Waals surface area contributed by atoms with E-state index < -0.39 is 0 Å². The van der Waals surface area contributed by atoms with E-state index in [4.69, 9.17) is 5.26 Å². The molecule has 0 spiro atoms. The van der Waals surface area contributed by atoms with Crippen LogP contribution in [-0.2, 0) is 4.79 Å². The van der Waals surface area contributed by atoms with Crippen molar-refractivity contribution >= 4 is 5.91 Å². The Balaban J connectivity index is 2.71. The molecule has 1 aliphatic rings. The third kappa shape index (κ3) is 3.74. The molecule has 1 rings (SSSR count). The highest BCUT2D eigenvalue weighted by molar-refractivity contribution is 5.97. The van der Waals surface area contributed by atoms with Gasteiger partial charge in [-0.3, -0.25) is 4.79 Å². The molecule has 0 radical (unpaired) electrons. The molecule has 100 valence electrons. The summed E-state index contributed by atoms with van der Waals surface area (Å²) in [5, 5.41) is 9.12. The summed E-state index contributed by atoms with van der Waals surface area (Å²) in [4.78, 5) is 18.1. The molecule has 0 atom stereocenters. The van der Waals surface area contributed by atoms with Gasteiger partial charge in [-0.15, -0.1) is 0 Å². The molecule has 1 heterocycles. The van der Waals surface area contributed by atoms with Gasteiger partial charge < -0.3 is 14.7 Å². The summed E-state index contributed by atoms with van der Waals surface area (Å²) in [6.45, 7) is 8.77.